The van der Waals surface area contributed by atoms with Crippen LogP contribution in [-0.4, -0.2) is 28.2 Å². The van der Waals surface area contributed by atoms with Crippen LogP contribution in [0.15, 0.2) is 134 Å². The lowest BCUT2D eigenvalue weighted by Gasteiger charge is -2.07. The number of aromatic nitrogens is 6. The number of nitrogens with zero attached hydrogens (tertiary/aromatic N) is 6. The summed E-state index contributed by atoms with van der Waals surface area (Å²) in [6.45, 7) is 6.42. The van der Waals surface area contributed by atoms with E-state index in [2.05, 4.69) is 209 Å². The number of para-hydroxylation sites is 2. The van der Waals surface area contributed by atoms with Gasteiger partial charge in [-0.15, -0.1) is 34.0 Å². The molecule has 10 heteroatoms. The molecule has 11 rings (SSSR count). The molecule has 0 unspecified atom stereocenters. The number of rotatable bonds is 5. The van der Waals surface area contributed by atoms with Gasteiger partial charge >= 0.3 is 0 Å². The monoisotopic (exact) mass is 908 g/mol. The van der Waals surface area contributed by atoms with Gasteiger partial charge in [0.25, 0.3) is 0 Å². The molecule has 0 N–H and O–H groups in total. The fourth-order valence-electron chi connectivity index (χ4n) is 7.84. The molecule has 280 valence electrons. The van der Waals surface area contributed by atoms with Gasteiger partial charge in [0.1, 0.15) is 0 Å². The molecular weight excluding hydrogens is 872 g/mol. The van der Waals surface area contributed by atoms with Crippen molar-refractivity contribution in [2.75, 3.05) is 0 Å². The molecule has 7 heterocycles. The Kier molecular flexibility index (Phi) is 9.04. The molecule has 7 aromatic heterocycles. The smallest absolute Gasteiger partial charge is 0.176 e. The van der Waals surface area contributed by atoms with Gasteiger partial charge in [0, 0.05) is 119 Å². The number of imidazole rings is 2. The number of fused-ring (bicyclic) bond motifs is 6. The maximum Gasteiger partial charge on any atom is 0.176 e. The van der Waals surface area contributed by atoms with Gasteiger partial charge in [-0.1, -0.05) is 36.4 Å². The number of hydrogen-bond donors (Lipinski definition) is 0. The van der Waals surface area contributed by atoms with Crippen LogP contribution in [-0.2, 0) is 14.1 Å². The van der Waals surface area contributed by atoms with E-state index in [-0.39, 0.29) is 0 Å². The summed E-state index contributed by atoms with van der Waals surface area (Å²) < 4.78 is 9.92. The Morgan fingerprint density at radius 3 is 1.40 bits per heavy atom. The third-order valence-electron chi connectivity index (χ3n) is 10.7. The maximum absolute atomic E-state index is 5.08. The van der Waals surface area contributed by atoms with Crippen LogP contribution in [0.25, 0.3) is 86.8 Å². The minimum absolute atomic E-state index is 0.975. The van der Waals surface area contributed by atoms with Gasteiger partial charge in [-0.05, 0) is 106 Å². The lowest BCUT2D eigenvalue weighted by Crippen LogP contribution is -1.95. The Bertz CT molecular complexity index is 3290. The zero-order valence-corrected chi connectivity index (χ0v) is 36.6. The summed E-state index contributed by atoms with van der Waals surface area (Å²) in [7, 11) is 4.27. The van der Waals surface area contributed by atoms with E-state index in [4.69, 9.17) is 9.97 Å². The Hall–Kier alpha value is -5.27. The Morgan fingerprint density at radius 1 is 0.456 bits per heavy atom. The lowest BCUT2D eigenvalue weighted by atomic mass is 10.1. The van der Waals surface area contributed by atoms with Crippen molar-refractivity contribution in [1.29, 1.82) is 0 Å². The van der Waals surface area contributed by atoms with Crippen LogP contribution < -0.4 is 0 Å². The molecular formula is C47H37IN6S3. The molecule has 0 saturated carbocycles. The number of thiophene rings is 3. The first-order valence-electron chi connectivity index (χ1n) is 18.7. The molecule has 0 aliphatic heterocycles. The molecule has 0 atom stereocenters. The van der Waals surface area contributed by atoms with Crippen LogP contribution in [0.4, 0.5) is 0 Å². The van der Waals surface area contributed by atoms with Crippen molar-refractivity contribution < 1.29 is 0 Å². The SMILES string of the molecule is Cc1ccc(-c2cn(-c3ccc4c(c3)c3ccccc3n4C)c(-c3ccc(C)s3)n2)s1.Cc1ccc(-c2cn(-c3ccc4c(c3)c3ccccc3n4C)c(I)n2)s1. The average molecular weight is 909 g/mol. The van der Waals surface area contributed by atoms with E-state index in [1.165, 1.54) is 72.9 Å². The van der Waals surface area contributed by atoms with Crippen molar-refractivity contribution in [2.45, 2.75) is 20.8 Å². The second-order valence-electron chi connectivity index (χ2n) is 14.4. The first-order chi connectivity index (χ1) is 27.7. The number of hydrogen-bond acceptors (Lipinski definition) is 5. The Labute approximate surface area is 356 Å². The zero-order valence-electron chi connectivity index (χ0n) is 32.0. The molecule has 0 aliphatic carbocycles. The van der Waals surface area contributed by atoms with E-state index < -0.39 is 0 Å². The van der Waals surface area contributed by atoms with Gasteiger partial charge in [0.2, 0.25) is 0 Å². The van der Waals surface area contributed by atoms with E-state index in [0.717, 1.165) is 32.4 Å². The van der Waals surface area contributed by atoms with E-state index in [1.807, 2.05) is 0 Å². The molecule has 11 aromatic rings. The predicted octanol–water partition coefficient (Wildman–Crippen LogP) is 13.7. The second-order valence-corrected chi connectivity index (χ2v) is 19.2. The van der Waals surface area contributed by atoms with Crippen LogP contribution in [0.2, 0.25) is 0 Å². The first kappa shape index (κ1) is 36.1. The third kappa shape index (κ3) is 6.35. The van der Waals surface area contributed by atoms with Gasteiger partial charge in [0.05, 0.1) is 26.0 Å². The highest BCUT2D eigenvalue weighted by molar-refractivity contribution is 14.1. The van der Waals surface area contributed by atoms with Gasteiger partial charge < -0.3 is 9.13 Å². The fourth-order valence-corrected chi connectivity index (χ4v) is 11.0. The normalized spacial score (nSPS) is 11.7. The van der Waals surface area contributed by atoms with Crippen LogP contribution in [0.5, 0.6) is 0 Å². The summed E-state index contributed by atoms with van der Waals surface area (Å²) in [5.74, 6) is 0.999. The van der Waals surface area contributed by atoms with Crippen molar-refractivity contribution in [3.8, 4) is 43.2 Å². The highest BCUT2D eigenvalue weighted by Crippen LogP contribution is 2.37. The van der Waals surface area contributed by atoms with E-state index in [9.17, 15) is 0 Å². The number of halogens is 1. The molecule has 0 aliphatic rings. The summed E-state index contributed by atoms with van der Waals surface area (Å²) in [5, 5.41) is 5.12. The van der Waals surface area contributed by atoms with Crippen LogP contribution >= 0.6 is 56.6 Å². The highest BCUT2D eigenvalue weighted by Gasteiger charge is 2.18. The third-order valence-corrected chi connectivity index (χ3v) is 14.5. The molecule has 0 spiro atoms. The second kappa shape index (κ2) is 14.3. The quantitative estimate of drug-likeness (QED) is 0.162. The van der Waals surface area contributed by atoms with Gasteiger partial charge in [-0.3, -0.25) is 9.13 Å². The predicted molar refractivity (Wildman–Crippen MR) is 252 cm³/mol. The summed E-state index contributed by atoms with van der Waals surface area (Å²) >= 11 is 7.68. The highest BCUT2D eigenvalue weighted by atomic mass is 127. The largest absolute Gasteiger partial charge is 0.344 e. The minimum atomic E-state index is 0.975. The molecule has 0 saturated heterocycles. The molecule has 0 fully saturated rings. The summed E-state index contributed by atoms with van der Waals surface area (Å²) in [6.07, 6.45) is 4.32. The van der Waals surface area contributed by atoms with Gasteiger partial charge in [-0.25, -0.2) is 9.97 Å². The van der Waals surface area contributed by atoms with Crippen molar-refractivity contribution in [1.82, 2.24) is 28.2 Å². The first-order valence-corrected chi connectivity index (χ1v) is 22.2. The number of benzene rings is 4. The van der Waals surface area contributed by atoms with Crippen LogP contribution in [0.1, 0.15) is 14.6 Å². The average Bonchev–Trinajstić information content (AvgIpc) is 4.10. The molecule has 0 bridgehead atoms. The summed E-state index contributed by atoms with van der Waals surface area (Å²) in [4.78, 5) is 17.4. The summed E-state index contributed by atoms with van der Waals surface area (Å²) in [5.41, 5.74) is 9.34. The minimum Gasteiger partial charge on any atom is -0.344 e. The molecule has 4 aromatic carbocycles. The van der Waals surface area contributed by atoms with E-state index in [1.54, 1.807) is 34.0 Å². The van der Waals surface area contributed by atoms with Crippen molar-refractivity contribution in [3.63, 3.8) is 0 Å². The molecule has 57 heavy (non-hydrogen) atoms. The van der Waals surface area contributed by atoms with Crippen LogP contribution in [0.3, 0.4) is 0 Å². The topological polar surface area (TPSA) is 45.5 Å². The molecule has 0 amide bonds. The van der Waals surface area contributed by atoms with Gasteiger partial charge in [0.15, 0.2) is 9.66 Å². The Balaban J connectivity index is 0.000000141. The standard InChI is InChI=1S/C26H21N3S2.C21H16IN3S/c1-16-8-12-24(30-16)21-15-29(26(27-21)25-13-9-17(2)31-25)18-10-11-23-20(14-18)19-6-4-5-7-22(19)28(23)3;1-13-7-10-20(26-13)17-12-25(21(22)23-17)14-8-9-19-16(11-14)15-5-3-4-6-18(15)24(19)2/h4-15H,1-3H3;3-12H,1-2H3. The zero-order chi connectivity index (χ0) is 38.9. The maximum atomic E-state index is 5.08. The molecule has 6 nitrogen and oxygen atoms in total. The van der Waals surface area contributed by atoms with Crippen molar-refractivity contribution in [3.05, 3.63) is 152 Å². The lowest BCUT2D eigenvalue weighted by molar-refractivity contribution is 1.00. The molecule has 0 radical (unpaired) electrons. The van der Waals surface area contributed by atoms with E-state index >= 15 is 0 Å². The van der Waals surface area contributed by atoms with E-state index in [0.29, 0.717) is 0 Å². The summed E-state index contributed by atoms with van der Waals surface area (Å²) in [6, 6.07) is 43.5. The Morgan fingerprint density at radius 2 is 0.895 bits per heavy atom. The van der Waals surface area contributed by atoms with Crippen molar-refractivity contribution in [2.24, 2.45) is 14.1 Å². The fraction of sp³-hybridized carbons (Fsp3) is 0.106. The van der Waals surface area contributed by atoms with Crippen LogP contribution in [0, 0.1) is 24.6 Å². The number of aryl methyl sites for hydroxylation is 5. The van der Waals surface area contributed by atoms with Gasteiger partial charge in [-0.2, -0.15) is 0 Å². The van der Waals surface area contributed by atoms with Crippen molar-refractivity contribution >= 4 is 100 Å².